The van der Waals surface area contributed by atoms with Gasteiger partial charge in [-0.3, -0.25) is 4.90 Å². The van der Waals surface area contributed by atoms with Gasteiger partial charge >= 0.3 is 0 Å². The Morgan fingerprint density at radius 1 is 1.18 bits per heavy atom. The van der Waals surface area contributed by atoms with E-state index < -0.39 is 0 Å². The Morgan fingerprint density at radius 2 is 1.91 bits per heavy atom. The fraction of sp³-hybridized carbons (Fsp3) is 1.00. The predicted molar refractivity (Wildman–Crippen MR) is 93.4 cm³/mol. The smallest absolute Gasteiger partial charge is 0.0712 e. The summed E-state index contributed by atoms with van der Waals surface area (Å²) in [5.74, 6) is 2.76. The van der Waals surface area contributed by atoms with Crippen LogP contribution in [0.1, 0.15) is 65.7 Å². The summed E-state index contributed by atoms with van der Waals surface area (Å²) in [6, 6.07) is 0.752. The van der Waals surface area contributed by atoms with Crippen LogP contribution in [0.5, 0.6) is 0 Å². The van der Waals surface area contributed by atoms with Crippen molar-refractivity contribution >= 4 is 7.85 Å². The Bertz CT molecular complexity index is 368. The maximum absolute atomic E-state index is 6.51. The number of nitrogens with zero attached hydrogens (tertiary/aromatic N) is 1. The van der Waals surface area contributed by atoms with Crippen molar-refractivity contribution < 1.29 is 4.74 Å². The molecule has 2 heterocycles. The molecule has 0 bridgehead atoms. The molecule has 0 aromatic carbocycles. The monoisotopic (exact) mass is 303 g/mol. The van der Waals surface area contributed by atoms with Gasteiger partial charge in [-0.05, 0) is 37.1 Å². The summed E-state index contributed by atoms with van der Waals surface area (Å²) in [6.07, 6.45) is 9.27. The second kappa shape index (κ2) is 6.85. The van der Waals surface area contributed by atoms with Crippen LogP contribution in [0, 0.1) is 17.8 Å². The van der Waals surface area contributed by atoms with E-state index >= 15 is 0 Å². The number of hydrogen-bond donors (Lipinski definition) is 0. The third-order valence-electron chi connectivity index (χ3n) is 6.59. The molecule has 0 N–H and O–H groups in total. The van der Waals surface area contributed by atoms with Gasteiger partial charge in [-0.2, -0.15) is 0 Å². The van der Waals surface area contributed by atoms with E-state index in [2.05, 4.69) is 25.7 Å². The van der Waals surface area contributed by atoms with E-state index in [1.165, 1.54) is 51.5 Å². The molecule has 3 fully saturated rings. The molecule has 1 spiro atoms. The average Bonchev–Trinajstić information content (AvgIpc) is 2.71. The molecule has 124 valence electrons. The van der Waals surface area contributed by atoms with Crippen LogP contribution in [0.4, 0.5) is 0 Å². The maximum atomic E-state index is 6.51. The highest BCUT2D eigenvalue weighted by Gasteiger charge is 2.60. The molecule has 0 aromatic rings. The summed E-state index contributed by atoms with van der Waals surface area (Å²) in [5, 5.41) is 0. The third kappa shape index (κ3) is 2.88. The number of likely N-dealkylation sites (N-methyl/N-ethyl adjacent to an activating group) is 1. The molecule has 3 aliphatic rings. The van der Waals surface area contributed by atoms with Crippen LogP contribution < -0.4 is 0 Å². The number of fused-ring (bicyclic) bond motifs is 1. The Balaban J connectivity index is 1.89. The van der Waals surface area contributed by atoms with Crippen LogP contribution in [0.25, 0.3) is 0 Å². The molecule has 2 aliphatic heterocycles. The molecule has 2 radical (unpaired) electrons. The minimum atomic E-state index is 0.341. The van der Waals surface area contributed by atoms with Gasteiger partial charge < -0.3 is 4.74 Å². The average molecular weight is 303 g/mol. The van der Waals surface area contributed by atoms with E-state index in [0.29, 0.717) is 11.4 Å². The fourth-order valence-corrected chi connectivity index (χ4v) is 5.68. The highest BCUT2D eigenvalue weighted by molar-refractivity contribution is 6.11. The Morgan fingerprint density at radius 3 is 2.50 bits per heavy atom. The van der Waals surface area contributed by atoms with Gasteiger partial charge in [-0.1, -0.05) is 58.7 Å². The van der Waals surface area contributed by atoms with Crippen LogP contribution in [0.3, 0.4) is 0 Å². The van der Waals surface area contributed by atoms with Crippen molar-refractivity contribution in [2.45, 2.75) is 83.1 Å². The number of hydrogen-bond acceptors (Lipinski definition) is 2. The highest BCUT2D eigenvalue weighted by atomic mass is 16.5. The first-order chi connectivity index (χ1) is 10.6. The molecule has 3 heteroatoms. The van der Waals surface area contributed by atoms with E-state index in [-0.39, 0.29) is 0 Å². The van der Waals surface area contributed by atoms with E-state index in [1.54, 1.807) is 0 Å². The van der Waals surface area contributed by atoms with Gasteiger partial charge in [-0.15, -0.1) is 0 Å². The highest BCUT2D eigenvalue weighted by Crippen LogP contribution is 2.53. The zero-order valence-corrected chi connectivity index (χ0v) is 14.9. The molecule has 2 saturated heterocycles. The second-order valence-corrected chi connectivity index (χ2v) is 8.48. The lowest BCUT2D eigenvalue weighted by atomic mass is 9.67. The maximum Gasteiger partial charge on any atom is 0.0712 e. The minimum absolute atomic E-state index is 0.341. The lowest BCUT2D eigenvalue weighted by molar-refractivity contribution is -0.151. The van der Waals surface area contributed by atoms with Gasteiger partial charge in [0.25, 0.3) is 0 Å². The van der Waals surface area contributed by atoms with Crippen molar-refractivity contribution in [1.29, 1.82) is 0 Å². The molecule has 22 heavy (non-hydrogen) atoms. The van der Waals surface area contributed by atoms with Gasteiger partial charge in [0.1, 0.15) is 0 Å². The minimum Gasteiger partial charge on any atom is -0.377 e. The van der Waals surface area contributed by atoms with E-state index in [9.17, 15) is 0 Å². The van der Waals surface area contributed by atoms with E-state index in [0.717, 1.165) is 37.0 Å². The van der Waals surface area contributed by atoms with Gasteiger partial charge in [0.15, 0.2) is 0 Å². The molecule has 4 unspecified atom stereocenters. The molecular formula is C19H34BNO. The first-order valence-corrected chi connectivity index (χ1v) is 9.68. The van der Waals surface area contributed by atoms with Gasteiger partial charge in [-0.25, -0.2) is 0 Å². The quantitative estimate of drug-likeness (QED) is 0.729. The van der Waals surface area contributed by atoms with Crippen molar-refractivity contribution in [2.75, 3.05) is 19.8 Å². The summed E-state index contributed by atoms with van der Waals surface area (Å²) in [5.41, 5.74) is 0.341. The second-order valence-electron chi connectivity index (χ2n) is 8.48. The van der Waals surface area contributed by atoms with Crippen molar-refractivity contribution in [3.63, 3.8) is 0 Å². The molecule has 1 saturated carbocycles. The number of likely N-dealkylation sites (tertiary alicyclic amines) is 1. The third-order valence-corrected chi connectivity index (χ3v) is 6.59. The first kappa shape index (κ1) is 16.8. The molecule has 3 rings (SSSR count). The largest absolute Gasteiger partial charge is 0.377 e. The SMILES string of the molecule is [B]C1CCCCCC2C(C1)C(CC(C)C)C1(COC1)N2CC. The molecular weight excluding hydrogens is 269 g/mol. The van der Waals surface area contributed by atoms with Gasteiger partial charge in [0.2, 0.25) is 0 Å². The van der Waals surface area contributed by atoms with Gasteiger partial charge in [0.05, 0.1) is 26.6 Å². The van der Waals surface area contributed by atoms with Crippen LogP contribution in [0.15, 0.2) is 0 Å². The summed E-state index contributed by atoms with van der Waals surface area (Å²) in [6.45, 7) is 10.2. The molecule has 2 nitrogen and oxygen atoms in total. The Hall–Kier alpha value is -0.0151. The van der Waals surface area contributed by atoms with E-state index in [1.807, 2.05) is 0 Å². The Labute approximate surface area is 138 Å². The zero-order valence-electron chi connectivity index (χ0n) is 14.9. The van der Waals surface area contributed by atoms with Crippen molar-refractivity contribution in [3.05, 3.63) is 0 Å². The lowest BCUT2D eigenvalue weighted by Gasteiger charge is -2.50. The normalized spacial score (nSPS) is 39.1. The summed E-state index contributed by atoms with van der Waals surface area (Å²) in [4.78, 5) is 2.84. The number of rotatable bonds is 3. The van der Waals surface area contributed by atoms with Crippen LogP contribution in [-0.4, -0.2) is 44.1 Å². The van der Waals surface area contributed by atoms with Crippen molar-refractivity contribution in [1.82, 2.24) is 4.90 Å². The van der Waals surface area contributed by atoms with Crippen molar-refractivity contribution in [2.24, 2.45) is 17.8 Å². The van der Waals surface area contributed by atoms with Crippen LogP contribution >= 0.6 is 0 Å². The standard InChI is InChI=1S/C19H34BNO/c1-4-21-18-9-7-5-6-8-15(20)11-16(18)17(10-14(2)3)19(21)12-22-13-19/h14-18H,4-13H2,1-3H3. The van der Waals surface area contributed by atoms with Crippen molar-refractivity contribution in [3.8, 4) is 0 Å². The fourth-order valence-electron chi connectivity index (χ4n) is 5.68. The van der Waals surface area contributed by atoms with E-state index in [4.69, 9.17) is 12.6 Å². The Kier molecular flexibility index (Phi) is 5.24. The molecule has 0 aromatic heterocycles. The van der Waals surface area contributed by atoms with Crippen LogP contribution in [-0.2, 0) is 4.74 Å². The predicted octanol–water partition coefficient (Wildman–Crippen LogP) is 4.05. The molecule has 1 aliphatic carbocycles. The number of ether oxygens (including phenoxy) is 1. The molecule has 4 atom stereocenters. The topological polar surface area (TPSA) is 12.5 Å². The molecule has 0 amide bonds. The van der Waals surface area contributed by atoms with Crippen LogP contribution in [0.2, 0.25) is 5.82 Å². The summed E-state index contributed by atoms with van der Waals surface area (Å²) < 4.78 is 5.75. The lowest BCUT2D eigenvalue weighted by Crippen LogP contribution is -2.63. The summed E-state index contributed by atoms with van der Waals surface area (Å²) in [7, 11) is 6.51. The zero-order chi connectivity index (χ0) is 15.7. The summed E-state index contributed by atoms with van der Waals surface area (Å²) >= 11 is 0. The van der Waals surface area contributed by atoms with Gasteiger partial charge in [0, 0.05) is 6.04 Å². The first-order valence-electron chi connectivity index (χ1n) is 9.68.